The summed E-state index contributed by atoms with van der Waals surface area (Å²) in [5.41, 5.74) is 1.86. The SMILES string of the molecule is O=C(C1=C(O)C(=O)N(c2nc3ccccc3[nH]2)C1c1cccnc1)c1ccco1. The number of pyridine rings is 1. The van der Waals surface area contributed by atoms with Crippen molar-refractivity contribution in [3.8, 4) is 0 Å². The molecule has 1 aliphatic heterocycles. The molecule has 0 saturated heterocycles. The Hall–Kier alpha value is -4.20. The summed E-state index contributed by atoms with van der Waals surface area (Å²) in [6.07, 6.45) is 4.49. The highest BCUT2D eigenvalue weighted by Gasteiger charge is 2.46. The molecule has 29 heavy (non-hydrogen) atoms. The number of fused-ring (bicyclic) bond motifs is 1. The van der Waals surface area contributed by atoms with Gasteiger partial charge < -0.3 is 14.5 Å². The summed E-state index contributed by atoms with van der Waals surface area (Å²) in [6.45, 7) is 0. The maximum Gasteiger partial charge on any atom is 0.296 e. The van der Waals surface area contributed by atoms with Gasteiger partial charge in [-0.3, -0.25) is 19.5 Å². The summed E-state index contributed by atoms with van der Waals surface area (Å²) in [4.78, 5) is 39.0. The van der Waals surface area contributed by atoms with Crippen molar-refractivity contribution >= 4 is 28.7 Å². The van der Waals surface area contributed by atoms with Crippen molar-refractivity contribution < 1.29 is 19.1 Å². The van der Waals surface area contributed by atoms with Crippen molar-refractivity contribution in [3.05, 3.63) is 89.8 Å². The molecule has 5 rings (SSSR count). The molecule has 3 aromatic heterocycles. The molecule has 0 fully saturated rings. The number of anilines is 1. The predicted octanol–water partition coefficient (Wildman–Crippen LogP) is 3.33. The van der Waals surface area contributed by atoms with E-state index in [9.17, 15) is 14.7 Å². The monoisotopic (exact) mass is 386 g/mol. The van der Waals surface area contributed by atoms with E-state index in [1.807, 2.05) is 18.2 Å². The molecule has 2 N–H and O–H groups in total. The zero-order valence-corrected chi connectivity index (χ0v) is 14.9. The molecule has 1 amide bonds. The molecular formula is C21H14N4O4. The van der Waals surface area contributed by atoms with Crippen molar-refractivity contribution in [2.24, 2.45) is 0 Å². The largest absolute Gasteiger partial charge is 0.503 e. The first-order valence-electron chi connectivity index (χ1n) is 8.84. The Bertz CT molecular complexity index is 1230. The number of rotatable bonds is 4. The number of aromatic nitrogens is 3. The molecule has 4 heterocycles. The smallest absolute Gasteiger partial charge is 0.296 e. The van der Waals surface area contributed by atoms with E-state index in [2.05, 4.69) is 15.0 Å². The molecule has 8 nitrogen and oxygen atoms in total. The average molecular weight is 386 g/mol. The lowest BCUT2D eigenvalue weighted by Crippen LogP contribution is -2.32. The average Bonchev–Trinajstić information content (AvgIpc) is 3.47. The van der Waals surface area contributed by atoms with Gasteiger partial charge in [-0.15, -0.1) is 0 Å². The van der Waals surface area contributed by atoms with E-state index in [1.54, 1.807) is 36.7 Å². The third-order valence-electron chi connectivity index (χ3n) is 4.80. The number of imidazole rings is 1. The summed E-state index contributed by atoms with van der Waals surface area (Å²) in [5.74, 6) is -1.69. The third-order valence-corrected chi connectivity index (χ3v) is 4.80. The van der Waals surface area contributed by atoms with Crippen LogP contribution in [0.4, 0.5) is 5.95 Å². The van der Waals surface area contributed by atoms with Crippen LogP contribution in [0.1, 0.15) is 22.2 Å². The zero-order valence-electron chi connectivity index (χ0n) is 14.9. The van der Waals surface area contributed by atoms with Crippen LogP contribution >= 0.6 is 0 Å². The van der Waals surface area contributed by atoms with Gasteiger partial charge in [-0.05, 0) is 35.9 Å². The van der Waals surface area contributed by atoms with Crippen LogP contribution in [0.5, 0.6) is 0 Å². The maximum atomic E-state index is 13.1. The lowest BCUT2D eigenvalue weighted by molar-refractivity contribution is -0.117. The van der Waals surface area contributed by atoms with Crippen LogP contribution in [-0.4, -0.2) is 31.7 Å². The van der Waals surface area contributed by atoms with E-state index in [4.69, 9.17) is 4.42 Å². The second-order valence-electron chi connectivity index (χ2n) is 6.51. The van der Waals surface area contributed by atoms with Gasteiger partial charge in [-0.25, -0.2) is 4.98 Å². The first-order chi connectivity index (χ1) is 14.1. The van der Waals surface area contributed by atoms with E-state index in [1.165, 1.54) is 17.2 Å². The topological polar surface area (TPSA) is 112 Å². The van der Waals surface area contributed by atoms with E-state index >= 15 is 0 Å². The number of aliphatic hydroxyl groups excluding tert-OH is 1. The summed E-state index contributed by atoms with van der Waals surface area (Å²) in [6, 6.07) is 12.9. The van der Waals surface area contributed by atoms with Gasteiger partial charge in [-0.1, -0.05) is 18.2 Å². The van der Waals surface area contributed by atoms with Gasteiger partial charge >= 0.3 is 0 Å². The standard InChI is InChI=1S/C21H14N4O4/c26-18(15-8-4-10-29-15)16-17(12-5-3-9-22-11-12)25(20(28)19(16)27)21-23-13-6-1-2-7-14(13)24-21/h1-11,17,27H,(H,23,24). The first-order valence-corrected chi connectivity index (χ1v) is 8.84. The summed E-state index contributed by atoms with van der Waals surface area (Å²) in [7, 11) is 0. The number of hydrogen-bond acceptors (Lipinski definition) is 6. The Morgan fingerprint density at radius 3 is 2.72 bits per heavy atom. The Labute approximate surface area is 164 Å². The minimum absolute atomic E-state index is 0.0275. The van der Waals surface area contributed by atoms with E-state index in [0.29, 0.717) is 11.1 Å². The number of para-hydroxylation sites is 2. The fraction of sp³-hybridized carbons (Fsp3) is 0.0476. The Morgan fingerprint density at radius 1 is 1.14 bits per heavy atom. The Kier molecular flexibility index (Phi) is 3.77. The first kappa shape index (κ1) is 16.9. The number of carbonyl (C=O) groups is 2. The third kappa shape index (κ3) is 2.61. The van der Waals surface area contributed by atoms with E-state index in [0.717, 1.165) is 5.52 Å². The van der Waals surface area contributed by atoms with Crippen LogP contribution in [-0.2, 0) is 4.79 Å². The minimum Gasteiger partial charge on any atom is -0.503 e. The molecule has 0 saturated carbocycles. The second-order valence-corrected chi connectivity index (χ2v) is 6.51. The molecule has 142 valence electrons. The lowest BCUT2D eigenvalue weighted by Gasteiger charge is -2.23. The fourth-order valence-corrected chi connectivity index (χ4v) is 3.50. The van der Waals surface area contributed by atoms with Crippen molar-refractivity contribution in [1.82, 2.24) is 15.0 Å². The number of hydrogen-bond donors (Lipinski definition) is 2. The number of carbonyl (C=O) groups excluding carboxylic acids is 2. The molecule has 0 aliphatic carbocycles. The molecule has 1 aliphatic rings. The van der Waals surface area contributed by atoms with Crippen LogP contribution < -0.4 is 4.90 Å². The number of aromatic amines is 1. The minimum atomic E-state index is -0.908. The number of nitrogens with one attached hydrogen (secondary N) is 1. The van der Waals surface area contributed by atoms with Crippen molar-refractivity contribution in [3.63, 3.8) is 0 Å². The Balaban J connectivity index is 1.69. The number of ketones is 1. The number of H-pyrrole nitrogens is 1. The molecular weight excluding hydrogens is 372 g/mol. The number of Topliss-reactive ketones (excluding diaryl/α,β-unsaturated/α-hetero) is 1. The highest BCUT2D eigenvalue weighted by molar-refractivity contribution is 6.19. The van der Waals surface area contributed by atoms with Crippen molar-refractivity contribution in [1.29, 1.82) is 0 Å². The quantitative estimate of drug-likeness (QED) is 0.520. The molecule has 0 bridgehead atoms. The lowest BCUT2D eigenvalue weighted by atomic mass is 9.96. The van der Waals surface area contributed by atoms with Crippen LogP contribution in [0.25, 0.3) is 11.0 Å². The van der Waals surface area contributed by atoms with Crippen molar-refractivity contribution in [2.45, 2.75) is 6.04 Å². The van der Waals surface area contributed by atoms with Gasteiger partial charge in [0.1, 0.15) is 0 Å². The molecule has 1 aromatic carbocycles. The maximum absolute atomic E-state index is 13.1. The van der Waals surface area contributed by atoms with Gasteiger partial charge in [0, 0.05) is 12.4 Å². The van der Waals surface area contributed by atoms with E-state index in [-0.39, 0.29) is 17.3 Å². The highest BCUT2D eigenvalue weighted by Crippen LogP contribution is 2.41. The molecule has 0 spiro atoms. The number of amides is 1. The number of benzene rings is 1. The molecule has 1 atom stereocenters. The summed E-state index contributed by atoms with van der Waals surface area (Å²) < 4.78 is 5.20. The molecule has 1 unspecified atom stereocenters. The van der Waals surface area contributed by atoms with E-state index < -0.39 is 23.5 Å². The Morgan fingerprint density at radius 2 is 2.00 bits per heavy atom. The van der Waals surface area contributed by atoms with Crippen LogP contribution in [0.2, 0.25) is 0 Å². The van der Waals surface area contributed by atoms with Gasteiger partial charge in [0.2, 0.25) is 11.7 Å². The fourth-order valence-electron chi connectivity index (χ4n) is 3.50. The number of furan rings is 1. The molecule has 0 radical (unpaired) electrons. The summed E-state index contributed by atoms with van der Waals surface area (Å²) in [5, 5.41) is 10.6. The van der Waals surface area contributed by atoms with Crippen LogP contribution in [0.15, 0.2) is 82.9 Å². The normalized spacial score (nSPS) is 16.8. The van der Waals surface area contributed by atoms with Crippen molar-refractivity contribution in [2.75, 3.05) is 4.90 Å². The predicted molar refractivity (Wildman–Crippen MR) is 103 cm³/mol. The second kappa shape index (κ2) is 6.45. The number of aliphatic hydroxyl groups is 1. The highest BCUT2D eigenvalue weighted by atomic mass is 16.3. The summed E-state index contributed by atoms with van der Waals surface area (Å²) >= 11 is 0. The van der Waals surface area contributed by atoms with Gasteiger partial charge in [0.25, 0.3) is 5.91 Å². The zero-order chi connectivity index (χ0) is 20.0. The van der Waals surface area contributed by atoms with Gasteiger partial charge in [0.15, 0.2) is 11.5 Å². The van der Waals surface area contributed by atoms with Crippen LogP contribution in [0, 0.1) is 0 Å². The number of nitrogens with zero attached hydrogens (tertiary/aromatic N) is 3. The molecule has 8 heteroatoms. The van der Waals surface area contributed by atoms with Gasteiger partial charge in [-0.2, -0.15) is 0 Å². The van der Waals surface area contributed by atoms with Crippen LogP contribution in [0.3, 0.4) is 0 Å². The van der Waals surface area contributed by atoms with Gasteiger partial charge in [0.05, 0.1) is 28.9 Å². The molecule has 4 aromatic rings.